The third-order valence-corrected chi connectivity index (χ3v) is 5.71. The Labute approximate surface area is 173 Å². The van der Waals surface area contributed by atoms with E-state index in [9.17, 15) is 4.39 Å². The lowest BCUT2D eigenvalue weighted by Gasteiger charge is -2.33. The van der Waals surface area contributed by atoms with Crippen LogP contribution in [0.25, 0.3) is 11.1 Å². The maximum Gasteiger partial charge on any atom is 0.222 e. The van der Waals surface area contributed by atoms with Gasteiger partial charge in [0.05, 0.1) is 12.1 Å². The zero-order valence-electron chi connectivity index (χ0n) is 15.5. The number of nitrogens with zero attached hydrogens (tertiary/aromatic N) is 3. The van der Waals surface area contributed by atoms with Crippen molar-refractivity contribution >= 4 is 17.5 Å². The second-order valence-electron chi connectivity index (χ2n) is 7.07. The largest absolute Gasteiger partial charge is 0.347 e. The highest BCUT2D eigenvalue weighted by molar-refractivity contribution is 6.31. The molecule has 0 aliphatic carbocycles. The van der Waals surface area contributed by atoms with E-state index in [0.29, 0.717) is 23.0 Å². The van der Waals surface area contributed by atoms with Crippen LogP contribution in [0.2, 0.25) is 5.02 Å². The van der Waals surface area contributed by atoms with Crippen LogP contribution in [0.15, 0.2) is 79.1 Å². The van der Waals surface area contributed by atoms with Crippen molar-refractivity contribution in [2.45, 2.75) is 18.5 Å². The number of rotatable bonds is 3. The van der Waals surface area contributed by atoms with E-state index in [4.69, 9.17) is 11.6 Å². The standard InChI is InChI=1S/C23H18ClFN4/c24-18-11-6-12-19(25)22(18)21-13-20(28-23-26-14-27-29(21)23)17-10-5-4-9-16(17)15-7-2-1-3-8-15/h1-12,14,20-21H,13H2,(H,26,27,28)/t20-,21+/m1/s1. The van der Waals surface area contributed by atoms with Crippen LogP contribution in [-0.2, 0) is 0 Å². The van der Waals surface area contributed by atoms with Crippen molar-refractivity contribution < 1.29 is 4.39 Å². The lowest BCUT2D eigenvalue weighted by atomic mass is 9.88. The fourth-order valence-electron chi connectivity index (χ4n) is 4.07. The van der Waals surface area contributed by atoms with Gasteiger partial charge < -0.3 is 5.32 Å². The van der Waals surface area contributed by atoms with Crippen LogP contribution in [0.5, 0.6) is 0 Å². The minimum absolute atomic E-state index is 0.0659. The fraction of sp³-hybridized carbons (Fsp3) is 0.130. The average Bonchev–Trinajstić information content (AvgIpc) is 3.23. The van der Waals surface area contributed by atoms with Gasteiger partial charge in [0, 0.05) is 10.6 Å². The quantitative estimate of drug-likeness (QED) is 0.463. The predicted octanol–water partition coefficient (Wildman–Crippen LogP) is 5.88. The SMILES string of the molecule is Fc1cccc(Cl)c1[C@@H]1C[C@H](c2ccccc2-c2ccccc2)Nc2ncnn21. The van der Waals surface area contributed by atoms with Gasteiger partial charge in [0.25, 0.3) is 0 Å². The van der Waals surface area contributed by atoms with E-state index in [-0.39, 0.29) is 17.9 Å². The molecule has 1 aliphatic heterocycles. The van der Waals surface area contributed by atoms with E-state index < -0.39 is 0 Å². The molecule has 4 aromatic rings. The van der Waals surface area contributed by atoms with E-state index in [2.05, 4.69) is 39.7 Å². The molecule has 0 unspecified atom stereocenters. The van der Waals surface area contributed by atoms with Crippen LogP contribution in [-0.4, -0.2) is 14.8 Å². The summed E-state index contributed by atoms with van der Waals surface area (Å²) in [5.41, 5.74) is 3.85. The molecule has 6 heteroatoms. The summed E-state index contributed by atoms with van der Waals surface area (Å²) in [6.07, 6.45) is 2.08. The highest BCUT2D eigenvalue weighted by atomic mass is 35.5. The molecule has 144 valence electrons. The Morgan fingerprint density at radius 2 is 1.76 bits per heavy atom. The number of benzene rings is 3. The summed E-state index contributed by atoms with van der Waals surface area (Å²) in [4.78, 5) is 4.35. The van der Waals surface area contributed by atoms with Crippen LogP contribution in [0.4, 0.5) is 10.3 Å². The monoisotopic (exact) mass is 404 g/mol. The summed E-state index contributed by atoms with van der Waals surface area (Å²) in [7, 11) is 0. The van der Waals surface area contributed by atoms with E-state index in [0.717, 1.165) is 16.7 Å². The molecule has 4 nitrogen and oxygen atoms in total. The molecule has 0 radical (unpaired) electrons. The molecule has 0 amide bonds. The third-order valence-electron chi connectivity index (χ3n) is 5.38. The van der Waals surface area contributed by atoms with Crippen LogP contribution in [0, 0.1) is 5.82 Å². The Balaban J connectivity index is 1.61. The minimum Gasteiger partial charge on any atom is -0.347 e. The Hall–Kier alpha value is -3.18. The first kappa shape index (κ1) is 17.9. The molecule has 0 saturated carbocycles. The van der Waals surface area contributed by atoms with E-state index >= 15 is 0 Å². The smallest absolute Gasteiger partial charge is 0.222 e. The highest BCUT2D eigenvalue weighted by Crippen LogP contribution is 2.42. The van der Waals surface area contributed by atoms with Crippen LogP contribution in [0.1, 0.15) is 29.6 Å². The van der Waals surface area contributed by atoms with Gasteiger partial charge in [-0.3, -0.25) is 0 Å². The van der Waals surface area contributed by atoms with E-state index in [1.807, 2.05) is 30.3 Å². The van der Waals surface area contributed by atoms with E-state index in [1.54, 1.807) is 16.8 Å². The Bertz CT molecular complexity index is 1140. The molecule has 1 N–H and O–H groups in total. The molecule has 3 aromatic carbocycles. The number of halogens is 2. The molecule has 2 atom stereocenters. The van der Waals surface area contributed by atoms with Gasteiger partial charge in [-0.2, -0.15) is 10.1 Å². The van der Waals surface area contributed by atoms with Gasteiger partial charge in [0.15, 0.2) is 0 Å². The second-order valence-corrected chi connectivity index (χ2v) is 7.47. The number of fused-ring (bicyclic) bond motifs is 1. The average molecular weight is 405 g/mol. The zero-order valence-corrected chi connectivity index (χ0v) is 16.2. The molecule has 5 rings (SSSR count). The number of hydrogen-bond acceptors (Lipinski definition) is 3. The molecule has 0 bridgehead atoms. The second kappa shape index (κ2) is 7.33. The maximum atomic E-state index is 14.7. The number of aromatic nitrogens is 3. The molecule has 0 saturated heterocycles. The van der Waals surface area contributed by atoms with Gasteiger partial charge in [-0.15, -0.1) is 0 Å². The molecule has 1 aliphatic rings. The first-order valence-electron chi connectivity index (χ1n) is 9.46. The van der Waals surface area contributed by atoms with Crippen LogP contribution >= 0.6 is 11.6 Å². The summed E-state index contributed by atoms with van der Waals surface area (Å²) >= 11 is 6.40. The number of nitrogens with one attached hydrogen (secondary N) is 1. The van der Waals surface area contributed by atoms with Crippen molar-refractivity contribution in [2.24, 2.45) is 0 Å². The van der Waals surface area contributed by atoms with Gasteiger partial charge in [-0.05, 0) is 35.2 Å². The Morgan fingerprint density at radius 3 is 2.59 bits per heavy atom. The molecule has 1 aromatic heterocycles. The van der Waals surface area contributed by atoms with Crippen molar-refractivity contribution in [3.8, 4) is 11.1 Å². The molecule has 29 heavy (non-hydrogen) atoms. The number of hydrogen-bond donors (Lipinski definition) is 1. The van der Waals surface area contributed by atoms with Gasteiger partial charge in [-0.25, -0.2) is 9.07 Å². The summed E-state index contributed by atoms with van der Waals surface area (Å²) in [6.45, 7) is 0. The van der Waals surface area contributed by atoms with Crippen LogP contribution in [0.3, 0.4) is 0 Å². The van der Waals surface area contributed by atoms with Gasteiger partial charge in [0.1, 0.15) is 12.1 Å². The van der Waals surface area contributed by atoms with Crippen molar-refractivity contribution in [2.75, 3.05) is 5.32 Å². The summed E-state index contributed by atoms with van der Waals surface area (Å²) < 4.78 is 16.5. The minimum atomic E-state index is -0.351. The van der Waals surface area contributed by atoms with Crippen molar-refractivity contribution in [3.63, 3.8) is 0 Å². The number of anilines is 1. The van der Waals surface area contributed by atoms with Crippen molar-refractivity contribution in [1.82, 2.24) is 14.8 Å². The maximum absolute atomic E-state index is 14.7. The Kier molecular flexibility index (Phi) is 4.52. The predicted molar refractivity (Wildman–Crippen MR) is 112 cm³/mol. The van der Waals surface area contributed by atoms with E-state index in [1.165, 1.54) is 12.4 Å². The van der Waals surface area contributed by atoms with Gasteiger partial charge >= 0.3 is 0 Å². The summed E-state index contributed by atoms with van der Waals surface area (Å²) in [5.74, 6) is 0.273. The molecule has 0 fully saturated rings. The molecule has 0 spiro atoms. The summed E-state index contributed by atoms with van der Waals surface area (Å²) in [5, 5.41) is 8.19. The van der Waals surface area contributed by atoms with Crippen molar-refractivity contribution in [1.29, 1.82) is 0 Å². The first-order chi connectivity index (χ1) is 14.2. The third kappa shape index (κ3) is 3.17. The molecule has 2 heterocycles. The summed E-state index contributed by atoms with van der Waals surface area (Å²) in [6, 6.07) is 22.9. The van der Waals surface area contributed by atoms with Gasteiger partial charge in [0.2, 0.25) is 5.95 Å². The lowest BCUT2D eigenvalue weighted by Crippen LogP contribution is -2.29. The highest BCUT2D eigenvalue weighted by Gasteiger charge is 2.33. The normalized spacial score (nSPS) is 18.1. The van der Waals surface area contributed by atoms with Crippen LogP contribution < -0.4 is 5.32 Å². The van der Waals surface area contributed by atoms with Gasteiger partial charge in [-0.1, -0.05) is 72.3 Å². The fourth-order valence-corrected chi connectivity index (χ4v) is 4.36. The topological polar surface area (TPSA) is 42.7 Å². The molecular formula is C23H18ClFN4. The zero-order chi connectivity index (χ0) is 19.8. The Morgan fingerprint density at radius 1 is 0.966 bits per heavy atom. The first-order valence-corrected chi connectivity index (χ1v) is 9.84. The van der Waals surface area contributed by atoms with Crippen molar-refractivity contribution in [3.05, 3.63) is 101 Å². The molecular weight excluding hydrogens is 387 g/mol. The lowest BCUT2D eigenvalue weighted by molar-refractivity contribution is 0.416.